The Morgan fingerprint density at radius 2 is 2.02 bits per heavy atom. The Hall–Kier alpha value is -4.61. The van der Waals surface area contributed by atoms with E-state index in [2.05, 4.69) is 64.5 Å². The number of halogens is 1. The van der Waals surface area contributed by atoms with Crippen LogP contribution in [0.1, 0.15) is 56.5 Å². The van der Waals surface area contributed by atoms with Crippen LogP contribution in [0.5, 0.6) is 5.75 Å². The third kappa shape index (κ3) is 5.16. The first kappa shape index (κ1) is 27.0. The van der Waals surface area contributed by atoms with Gasteiger partial charge in [-0.2, -0.15) is 14.9 Å². The van der Waals surface area contributed by atoms with Crippen molar-refractivity contribution in [2.75, 3.05) is 24.3 Å². The number of anilines is 2. The van der Waals surface area contributed by atoms with Crippen LogP contribution in [-0.2, 0) is 0 Å². The molecule has 1 saturated carbocycles. The SMILES string of the molecule is COc1cc(N[C@H](C2=CN(C3(C#N)CC3)NN2)c2ccc(F)nc2C)cc2c(NCC(C)(C)C)c(C#N)cnc12. The summed E-state index contributed by atoms with van der Waals surface area (Å²) in [4.78, 5) is 8.57. The number of aryl methyl sites for hydroxylation is 1. The van der Waals surface area contributed by atoms with Crippen LogP contribution in [0.4, 0.5) is 15.8 Å². The minimum Gasteiger partial charge on any atom is -0.494 e. The van der Waals surface area contributed by atoms with Crippen LogP contribution in [0.25, 0.3) is 10.9 Å². The molecule has 0 saturated heterocycles. The molecular formula is C29H32FN9O. The van der Waals surface area contributed by atoms with E-state index >= 15 is 0 Å². The van der Waals surface area contributed by atoms with Crippen molar-refractivity contribution >= 4 is 22.3 Å². The maximum atomic E-state index is 14.0. The summed E-state index contributed by atoms with van der Waals surface area (Å²) in [6.07, 6.45) is 4.94. The predicted octanol–water partition coefficient (Wildman–Crippen LogP) is 4.79. The minimum atomic E-state index is -0.589. The lowest BCUT2D eigenvalue weighted by atomic mass is 9.96. The molecule has 1 aliphatic heterocycles. The minimum absolute atomic E-state index is 0.0255. The molecule has 0 unspecified atom stereocenters. The van der Waals surface area contributed by atoms with Gasteiger partial charge in [0.15, 0.2) is 0 Å². The van der Waals surface area contributed by atoms with Crippen molar-refractivity contribution in [1.82, 2.24) is 25.9 Å². The molecule has 1 atom stereocenters. The van der Waals surface area contributed by atoms with E-state index in [-0.39, 0.29) is 5.41 Å². The summed E-state index contributed by atoms with van der Waals surface area (Å²) in [6.45, 7) is 8.74. The largest absolute Gasteiger partial charge is 0.494 e. The van der Waals surface area contributed by atoms with Gasteiger partial charge in [0, 0.05) is 47.3 Å². The number of hydrogen-bond acceptors (Lipinski definition) is 10. The average molecular weight is 542 g/mol. The lowest BCUT2D eigenvalue weighted by Crippen LogP contribution is -2.44. The van der Waals surface area contributed by atoms with Crippen LogP contribution in [0.15, 0.2) is 42.4 Å². The predicted molar refractivity (Wildman–Crippen MR) is 150 cm³/mol. The number of ether oxygens (including phenoxy) is 1. The van der Waals surface area contributed by atoms with E-state index in [4.69, 9.17) is 4.74 Å². The van der Waals surface area contributed by atoms with E-state index in [1.165, 1.54) is 6.07 Å². The van der Waals surface area contributed by atoms with Gasteiger partial charge < -0.3 is 20.8 Å². The number of benzene rings is 1. The molecule has 3 heterocycles. The summed E-state index contributed by atoms with van der Waals surface area (Å²) >= 11 is 0. The Balaban J connectivity index is 1.61. The van der Waals surface area contributed by atoms with Crippen LogP contribution in [0.3, 0.4) is 0 Å². The first-order valence-corrected chi connectivity index (χ1v) is 13.1. The number of methoxy groups -OCH3 is 1. The highest BCUT2D eigenvalue weighted by Crippen LogP contribution is 2.42. The van der Waals surface area contributed by atoms with Crippen molar-refractivity contribution in [3.63, 3.8) is 0 Å². The van der Waals surface area contributed by atoms with Gasteiger partial charge in [0.2, 0.25) is 5.95 Å². The fourth-order valence-electron chi connectivity index (χ4n) is 4.70. The van der Waals surface area contributed by atoms with Gasteiger partial charge in [0.1, 0.15) is 22.9 Å². The monoisotopic (exact) mass is 541 g/mol. The molecule has 5 rings (SSSR count). The van der Waals surface area contributed by atoms with Crippen LogP contribution in [0, 0.1) is 40.9 Å². The number of hydrazine groups is 2. The fourth-order valence-corrected chi connectivity index (χ4v) is 4.70. The Morgan fingerprint density at radius 1 is 1.25 bits per heavy atom. The van der Waals surface area contributed by atoms with Gasteiger partial charge in [0.25, 0.3) is 0 Å². The van der Waals surface area contributed by atoms with Gasteiger partial charge in [-0.05, 0) is 37.3 Å². The highest BCUT2D eigenvalue weighted by atomic mass is 19.1. The van der Waals surface area contributed by atoms with Crippen molar-refractivity contribution in [3.05, 3.63) is 65.1 Å². The van der Waals surface area contributed by atoms with Gasteiger partial charge in [-0.25, -0.2) is 4.98 Å². The van der Waals surface area contributed by atoms with Crippen molar-refractivity contribution in [1.29, 1.82) is 10.5 Å². The van der Waals surface area contributed by atoms with E-state index < -0.39 is 17.5 Å². The van der Waals surface area contributed by atoms with E-state index in [0.717, 1.165) is 29.5 Å². The lowest BCUT2D eigenvalue weighted by Gasteiger charge is -2.24. The van der Waals surface area contributed by atoms with Crippen molar-refractivity contribution in [3.8, 4) is 17.9 Å². The molecule has 11 heteroatoms. The molecule has 2 aliphatic rings. The first-order valence-electron chi connectivity index (χ1n) is 13.1. The molecular weight excluding hydrogens is 509 g/mol. The number of nitriles is 2. The first-order chi connectivity index (χ1) is 19.1. The maximum Gasteiger partial charge on any atom is 0.213 e. The number of rotatable bonds is 8. The van der Waals surface area contributed by atoms with Gasteiger partial charge in [-0.3, -0.25) is 9.99 Å². The van der Waals surface area contributed by atoms with E-state index in [1.807, 2.05) is 18.3 Å². The fraction of sp³-hybridized carbons (Fsp3) is 0.379. The Kier molecular flexibility index (Phi) is 6.86. The second kappa shape index (κ2) is 10.2. The standard InChI is InChI=1S/C29H32FN9O/c1-17-20(6-7-24(30)35-17)26(22-14-39(38-37-22)29(15-32)8-9-29)36-19-10-21-25(34-16-28(2,3)4)18(12-31)13-33-27(21)23(11-19)40-5/h6-7,10-11,13-14,26,36-38H,8-9,16H2,1-5H3,(H,33,34)/t26-/m0/s1. The molecule has 1 aromatic carbocycles. The highest BCUT2D eigenvalue weighted by Gasteiger charge is 2.50. The third-order valence-corrected chi connectivity index (χ3v) is 7.08. The summed E-state index contributed by atoms with van der Waals surface area (Å²) in [5.41, 5.74) is 10.1. The number of nitrogens with zero attached hydrogens (tertiary/aromatic N) is 5. The lowest BCUT2D eigenvalue weighted by molar-refractivity contribution is 0.217. The Bertz CT molecular complexity index is 1580. The van der Waals surface area contributed by atoms with E-state index in [1.54, 1.807) is 31.3 Å². The molecule has 0 radical (unpaired) electrons. The summed E-state index contributed by atoms with van der Waals surface area (Å²) < 4.78 is 19.7. The van der Waals surface area contributed by atoms with Gasteiger partial charge in [-0.15, -0.1) is 5.53 Å². The molecule has 10 nitrogen and oxygen atoms in total. The summed E-state index contributed by atoms with van der Waals surface area (Å²) in [7, 11) is 1.58. The molecule has 3 aromatic rings. The molecule has 2 aromatic heterocycles. The molecule has 0 bridgehead atoms. The van der Waals surface area contributed by atoms with Crippen LogP contribution < -0.4 is 26.3 Å². The number of pyridine rings is 2. The number of aromatic nitrogens is 2. The van der Waals surface area contributed by atoms with E-state index in [0.29, 0.717) is 40.4 Å². The number of hydrogen-bond donors (Lipinski definition) is 4. The molecule has 1 fully saturated rings. The molecule has 1 aliphatic carbocycles. The topological polar surface area (TPSA) is 134 Å². The Morgan fingerprint density at radius 3 is 2.65 bits per heavy atom. The number of nitrogens with one attached hydrogen (secondary N) is 4. The molecule has 206 valence electrons. The third-order valence-electron chi connectivity index (χ3n) is 7.08. The molecule has 0 amide bonds. The Labute approximate surface area is 232 Å². The van der Waals surface area contributed by atoms with Crippen molar-refractivity contribution in [2.45, 2.75) is 52.1 Å². The average Bonchev–Trinajstić information content (AvgIpc) is 3.57. The van der Waals surface area contributed by atoms with Gasteiger partial charge in [-0.1, -0.05) is 26.8 Å². The number of fused-ring (bicyclic) bond motifs is 1. The van der Waals surface area contributed by atoms with E-state index in [9.17, 15) is 14.9 Å². The van der Waals surface area contributed by atoms with Crippen LogP contribution >= 0.6 is 0 Å². The normalized spacial score (nSPS) is 16.4. The highest BCUT2D eigenvalue weighted by molar-refractivity contribution is 5.99. The molecule has 4 N–H and O–H groups in total. The van der Waals surface area contributed by atoms with Gasteiger partial charge in [0.05, 0.1) is 36.2 Å². The molecule has 0 spiro atoms. The zero-order chi connectivity index (χ0) is 28.7. The second-order valence-electron chi connectivity index (χ2n) is 11.4. The second-order valence-corrected chi connectivity index (χ2v) is 11.4. The van der Waals surface area contributed by atoms with Crippen LogP contribution in [0.2, 0.25) is 0 Å². The van der Waals surface area contributed by atoms with Crippen molar-refractivity contribution in [2.24, 2.45) is 5.41 Å². The zero-order valence-electron chi connectivity index (χ0n) is 23.2. The summed E-state index contributed by atoms with van der Waals surface area (Å²) in [5, 5.41) is 29.0. The summed E-state index contributed by atoms with van der Waals surface area (Å²) in [6, 6.07) is 10.9. The van der Waals surface area contributed by atoms with Crippen molar-refractivity contribution < 1.29 is 9.13 Å². The van der Waals surface area contributed by atoms with Crippen LogP contribution in [-0.4, -0.2) is 34.2 Å². The zero-order valence-corrected chi connectivity index (χ0v) is 23.2. The van der Waals surface area contributed by atoms with Gasteiger partial charge >= 0.3 is 0 Å². The smallest absolute Gasteiger partial charge is 0.213 e. The quantitative estimate of drug-likeness (QED) is 0.295. The maximum absolute atomic E-state index is 14.0. The molecule has 40 heavy (non-hydrogen) atoms. The summed E-state index contributed by atoms with van der Waals surface area (Å²) in [5.74, 6) is -0.0305.